The second-order valence-electron chi connectivity index (χ2n) is 4.00. The van der Waals surface area contributed by atoms with Crippen LogP contribution in [0.2, 0.25) is 0 Å². The molecular formula is C12H17N3O2. The SMILES string of the molecule is CNC(=O)c1ccc(N2CCCCO2)c(N)c1. The minimum absolute atomic E-state index is 0.136. The molecule has 0 radical (unpaired) electrons. The summed E-state index contributed by atoms with van der Waals surface area (Å²) in [7, 11) is 1.60. The zero-order valence-electron chi connectivity index (χ0n) is 9.90. The third kappa shape index (κ3) is 2.50. The molecule has 1 amide bonds. The van der Waals surface area contributed by atoms with Crippen LogP contribution in [0.25, 0.3) is 0 Å². The van der Waals surface area contributed by atoms with Crippen LogP contribution in [-0.2, 0) is 4.84 Å². The highest BCUT2D eigenvalue weighted by Crippen LogP contribution is 2.26. The number of nitrogens with two attached hydrogens (primary N) is 1. The Morgan fingerprint density at radius 1 is 1.47 bits per heavy atom. The van der Waals surface area contributed by atoms with Gasteiger partial charge in [-0.1, -0.05) is 0 Å². The minimum Gasteiger partial charge on any atom is -0.397 e. The third-order valence-corrected chi connectivity index (χ3v) is 2.79. The first kappa shape index (κ1) is 11.7. The van der Waals surface area contributed by atoms with Crippen molar-refractivity contribution in [2.75, 3.05) is 31.0 Å². The van der Waals surface area contributed by atoms with Crippen molar-refractivity contribution in [3.05, 3.63) is 23.8 Å². The summed E-state index contributed by atoms with van der Waals surface area (Å²) >= 11 is 0. The Morgan fingerprint density at radius 3 is 2.88 bits per heavy atom. The molecule has 1 aliphatic heterocycles. The zero-order valence-corrected chi connectivity index (χ0v) is 9.90. The molecule has 1 aliphatic rings. The summed E-state index contributed by atoms with van der Waals surface area (Å²) in [6.45, 7) is 1.56. The van der Waals surface area contributed by atoms with Crippen molar-refractivity contribution in [2.45, 2.75) is 12.8 Å². The van der Waals surface area contributed by atoms with Crippen molar-refractivity contribution >= 4 is 17.3 Å². The molecule has 1 saturated heterocycles. The van der Waals surface area contributed by atoms with Gasteiger partial charge in [0.25, 0.3) is 5.91 Å². The summed E-state index contributed by atoms with van der Waals surface area (Å²) < 4.78 is 0. The molecule has 0 aromatic heterocycles. The van der Waals surface area contributed by atoms with Gasteiger partial charge in [-0.05, 0) is 31.0 Å². The van der Waals surface area contributed by atoms with E-state index in [1.165, 1.54) is 0 Å². The van der Waals surface area contributed by atoms with E-state index in [0.717, 1.165) is 31.7 Å². The van der Waals surface area contributed by atoms with Gasteiger partial charge in [-0.15, -0.1) is 0 Å². The maximum atomic E-state index is 11.4. The zero-order chi connectivity index (χ0) is 12.3. The first-order valence-electron chi connectivity index (χ1n) is 5.74. The van der Waals surface area contributed by atoms with Crippen LogP contribution in [0, 0.1) is 0 Å². The number of rotatable bonds is 2. The number of amides is 1. The van der Waals surface area contributed by atoms with Crippen LogP contribution in [0.3, 0.4) is 0 Å². The number of nitrogens with one attached hydrogen (secondary N) is 1. The lowest BCUT2D eigenvalue weighted by molar-refractivity contribution is 0.0781. The van der Waals surface area contributed by atoms with Gasteiger partial charge in [-0.2, -0.15) is 0 Å². The Morgan fingerprint density at radius 2 is 2.29 bits per heavy atom. The van der Waals surface area contributed by atoms with Crippen molar-refractivity contribution in [1.29, 1.82) is 0 Å². The van der Waals surface area contributed by atoms with Crippen LogP contribution >= 0.6 is 0 Å². The fourth-order valence-corrected chi connectivity index (χ4v) is 1.85. The number of hydroxylamine groups is 1. The molecule has 0 unspecified atom stereocenters. The average Bonchev–Trinajstić information content (AvgIpc) is 2.38. The molecule has 92 valence electrons. The molecule has 0 aliphatic carbocycles. The predicted octanol–water partition coefficient (Wildman–Crippen LogP) is 1.16. The molecule has 5 nitrogen and oxygen atoms in total. The Bertz CT molecular complexity index is 414. The lowest BCUT2D eigenvalue weighted by atomic mass is 10.1. The lowest BCUT2D eigenvalue weighted by Crippen LogP contribution is -2.30. The quantitative estimate of drug-likeness (QED) is 0.755. The largest absolute Gasteiger partial charge is 0.397 e. The van der Waals surface area contributed by atoms with Crippen molar-refractivity contribution in [2.24, 2.45) is 0 Å². The third-order valence-electron chi connectivity index (χ3n) is 2.79. The second-order valence-corrected chi connectivity index (χ2v) is 4.00. The topological polar surface area (TPSA) is 67.6 Å². The molecule has 0 atom stereocenters. The molecule has 0 spiro atoms. The van der Waals surface area contributed by atoms with Crippen LogP contribution in [0.5, 0.6) is 0 Å². The molecule has 0 saturated carbocycles. The van der Waals surface area contributed by atoms with Gasteiger partial charge in [0, 0.05) is 19.2 Å². The first-order valence-corrected chi connectivity index (χ1v) is 5.74. The normalized spacial score (nSPS) is 15.7. The van der Waals surface area contributed by atoms with Crippen molar-refractivity contribution in [1.82, 2.24) is 5.32 Å². The van der Waals surface area contributed by atoms with E-state index in [1.54, 1.807) is 24.2 Å². The summed E-state index contributed by atoms with van der Waals surface area (Å²) in [6.07, 6.45) is 2.17. The summed E-state index contributed by atoms with van der Waals surface area (Å²) in [6, 6.07) is 5.25. The molecular weight excluding hydrogens is 218 g/mol. The molecule has 2 rings (SSSR count). The Balaban J connectivity index is 2.21. The van der Waals surface area contributed by atoms with E-state index in [1.807, 2.05) is 6.07 Å². The molecule has 0 bridgehead atoms. The van der Waals surface area contributed by atoms with Gasteiger partial charge in [0.1, 0.15) is 0 Å². The molecule has 17 heavy (non-hydrogen) atoms. The van der Waals surface area contributed by atoms with E-state index in [-0.39, 0.29) is 5.91 Å². The number of nitrogen functional groups attached to an aromatic ring is 1. The van der Waals surface area contributed by atoms with Gasteiger partial charge in [-0.3, -0.25) is 14.7 Å². The summed E-state index contributed by atoms with van der Waals surface area (Å²) in [4.78, 5) is 17.0. The van der Waals surface area contributed by atoms with Crippen LogP contribution in [0.4, 0.5) is 11.4 Å². The molecule has 1 fully saturated rings. The number of benzene rings is 1. The molecule has 5 heteroatoms. The van der Waals surface area contributed by atoms with E-state index in [2.05, 4.69) is 5.32 Å². The standard InChI is InChI=1S/C12H17N3O2/c1-14-12(16)9-4-5-11(10(13)8-9)15-6-2-3-7-17-15/h4-5,8H,2-3,6-7,13H2,1H3,(H,14,16). The number of hydrogen-bond acceptors (Lipinski definition) is 4. The highest BCUT2D eigenvalue weighted by atomic mass is 16.7. The van der Waals surface area contributed by atoms with Crippen LogP contribution in [-0.4, -0.2) is 26.1 Å². The molecule has 1 aromatic carbocycles. The van der Waals surface area contributed by atoms with Gasteiger partial charge in [0.05, 0.1) is 18.0 Å². The fraction of sp³-hybridized carbons (Fsp3) is 0.417. The molecule has 1 aromatic rings. The van der Waals surface area contributed by atoms with Gasteiger partial charge in [-0.25, -0.2) is 0 Å². The van der Waals surface area contributed by atoms with Gasteiger partial charge in [0.2, 0.25) is 0 Å². The van der Waals surface area contributed by atoms with Gasteiger partial charge in [0.15, 0.2) is 0 Å². The van der Waals surface area contributed by atoms with Gasteiger partial charge < -0.3 is 11.1 Å². The maximum Gasteiger partial charge on any atom is 0.251 e. The number of nitrogens with zero attached hydrogens (tertiary/aromatic N) is 1. The second kappa shape index (κ2) is 5.05. The van der Waals surface area contributed by atoms with E-state index in [0.29, 0.717) is 11.3 Å². The predicted molar refractivity (Wildman–Crippen MR) is 66.8 cm³/mol. The number of carbonyl (C=O) groups is 1. The molecule has 3 N–H and O–H groups in total. The van der Waals surface area contributed by atoms with Crippen LogP contribution in [0.15, 0.2) is 18.2 Å². The van der Waals surface area contributed by atoms with Crippen molar-refractivity contribution in [3.63, 3.8) is 0 Å². The maximum absolute atomic E-state index is 11.4. The highest BCUT2D eigenvalue weighted by Gasteiger charge is 2.15. The fourth-order valence-electron chi connectivity index (χ4n) is 1.85. The summed E-state index contributed by atoms with van der Waals surface area (Å²) in [5.41, 5.74) is 7.90. The van der Waals surface area contributed by atoms with Crippen LogP contribution < -0.4 is 16.1 Å². The van der Waals surface area contributed by atoms with Crippen LogP contribution in [0.1, 0.15) is 23.2 Å². The van der Waals surface area contributed by atoms with Crippen molar-refractivity contribution in [3.8, 4) is 0 Å². The monoisotopic (exact) mass is 235 g/mol. The van der Waals surface area contributed by atoms with E-state index < -0.39 is 0 Å². The van der Waals surface area contributed by atoms with E-state index >= 15 is 0 Å². The highest BCUT2D eigenvalue weighted by molar-refractivity contribution is 5.95. The molecule has 1 heterocycles. The van der Waals surface area contributed by atoms with E-state index in [9.17, 15) is 4.79 Å². The number of anilines is 2. The van der Waals surface area contributed by atoms with Crippen molar-refractivity contribution < 1.29 is 9.63 Å². The Hall–Kier alpha value is -1.75. The minimum atomic E-state index is -0.136. The average molecular weight is 235 g/mol. The first-order chi connectivity index (χ1) is 8.22. The summed E-state index contributed by atoms with van der Waals surface area (Å²) in [5.74, 6) is -0.136. The Labute approximate surface area is 100 Å². The summed E-state index contributed by atoms with van der Waals surface area (Å²) in [5, 5.41) is 4.37. The number of carbonyl (C=O) groups excluding carboxylic acids is 1. The Kier molecular flexibility index (Phi) is 3.49. The number of hydrogen-bond donors (Lipinski definition) is 2. The van der Waals surface area contributed by atoms with E-state index in [4.69, 9.17) is 10.6 Å². The lowest BCUT2D eigenvalue weighted by Gasteiger charge is -2.28. The van der Waals surface area contributed by atoms with Gasteiger partial charge >= 0.3 is 0 Å². The smallest absolute Gasteiger partial charge is 0.251 e.